The topological polar surface area (TPSA) is 76.5 Å². The van der Waals surface area contributed by atoms with Gasteiger partial charge >= 0.3 is 0 Å². The maximum atomic E-state index is 12.1. The Balaban J connectivity index is 1.74. The molecule has 0 radical (unpaired) electrons. The Morgan fingerprint density at radius 3 is 3.28 bits per heavy atom. The third-order valence-corrected chi connectivity index (χ3v) is 4.18. The van der Waals surface area contributed by atoms with E-state index in [-0.39, 0.29) is 5.56 Å². The van der Waals surface area contributed by atoms with Crippen LogP contribution in [0.2, 0.25) is 0 Å². The van der Waals surface area contributed by atoms with Gasteiger partial charge < -0.3 is 0 Å². The van der Waals surface area contributed by atoms with E-state index in [1.54, 1.807) is 28.9 Å². The predicted molar refractivity (Wildman–Crippen MR) is 71.0 cm³/mol. The Bertz CT molecular complexity index is 702. The second-order valence-electron chi connectivity index (χ2n) is 3.53. The fourth-order valence-corrected chi connectivity index (χ4v) is 3.07. The zero-order valence-electron chi connectivity index (χ0n) is 9.24. The number of thiophene rings is 1. The molecule has 0 saturated heterocycles. The van der Waals surface area contributed by atoms with Crippen molar-refractivity contribution in [2.45, 2.75) is 11.6 Å². The van der Waals surface area contributed by atoms with E-state index in [0.29, 0.717) is 11.2 Å². The summed E-state index contributed by atoms with van der Waals surface area (Å²) >= 11 is 2.98. The summed E-state index contributed by atoms with van der Waals surface area (Å²) in [7, 11) is 0. The summed E-state index contributed by atoms with van der Waals surface area (Å²) in [6.07, 6.45) is 3.26. The molecule has 0 spiro atoms. The Labute approximate surface area is 110 Å². The van der Waals surface area contributed by atoms with Crippen molar-refractivity contribution in [3.63, 3.8) is 0 Å². The first-order valence-corrected chi connectivity index (χ1v) is 7.12. The van der Waals surface area contributed by atoms with E-state index in [0.717, 1.165) is 16.3 Å². The molecule has 0 saturated carbocycles. The molecule has 0 amide bonds. The molecule has 0 bridgehead atoms. The fourth-order valence-electron chi connectivity index (χ4n) is 1.55. The largest absolute Gasteiger partial charge is 0.297 e. The smallest absolute Gasteiger partial charge is 0.271 e. The Kier molecular flexibility index (Phi) is 3.11. The lowest BCUT2D eigenvalue weighted by molar-refractivity contribution is 0.726. The molecular weight excluding hydrogens is 270 g/mol. The number of aryl methyl sites for hydroxylation is 1. The maximum absolute atomic E-state index is 12.1. The molecule has 1 N–H and O–H groups in total. The number of hydrogen-bond acceptors (Lipinski definition) is 6. The molecule has 0 aromatic carbocycles. The van der Waals surface area contributed by atoms with Gasteiger partial charge in [0.2, 0.25) is 0 Å². The lowest BCUT2D eigenvalue weighted by Crippen LogP contribution is -2.20. The van der Waals surface area contributed by atoms with Gasteiger partial charge in [-0.15, -0.1) is 28.2 Å². The quantitative estimate of drug-likeness (QED) is 0.730. The number of H-pyrrole nitrogens is 1. The molecule has 3 aromatic heterocycles. The van der Waals surface area contributed by atoms with Crippen molar-refractivity contribution >= 4 is 33.3 Å². The average molecular weight is 279 g/mol. The van der Waals surface area contributed by atoms with E-state index in [1.807, 2.05) is 11.4 Å². The van der Waals surface area contributed by atoms with Crippen molar-refractivity contribution in [2.75, 3.05) is 5.75 Å². The van der Waals surface area contributed by atoms with Gasteiger partial charge in [0, 0.05) is 12.3 Å². The first kappa shape index (κ1) is 11.4. The molecule has 3 rings (SSSR count). The van der Waals surface area contributed by atoms with Crippen molar-refractivity contribution in [3.8, 4) is 0 Å². The van der Waals surface area contributed by atoms with Crippen LogP contribution in [-0.2, 0) is 6.54 Å². The second-order valence-corrected chi connectivity index (χ2v) is 5.57. The Morgan fingerprint density at radius 1 is 1.50 bits per heavy atom. The summed E-state index contributed by atoms with van der Waals surface area (Å²) in [5, 5.41) is 12.9. The molecule has 0 aliphatic heterocycles. The highest BCUT2D eigenvalue weighted by Gasteiger charge is 2.05. The minimum absolute atomic E-state index is 0.0238. The van der Waals surface area contributed by atoms with Crippen molar-refractivity contribution in [3.05, 3.63) is 34.3 Å². The van der Waals surface area contributed by atoms with Crippen LogP contribution in [0.25, 0.3) is 10.2 Å². The average Bonchev–Trinajstić information content (AvgIpc) is 3.02. The molecule has 8 heteroatoms. The predicted octanol–water partition coefficient (Wildman–Crippen LogP) is 1.37. The number of hydrogen-bond donors (Lipinski definition) is 1. The number of fused-ring (bicyclic) bond motifs is 1. The van der Waals surface area contributed by atoms with Crippen LogP contribution < -0.4 is 5.56 Å². The van der Waals surface area contributed by atoms with Gasteiger partial charge in [0.15, 0.2) is 0 Å². The van der Waals surface area contributed by atoms with Gasteiger partial charge in [-0.3, -0.25) is 9.36 Å². The summed E-state index contributed by atoms with van der Waals surface area (Å²) in [6.45, 7) is 0.608. The van der Waals surface area contributed by atoms with E-state index >= 15 is 0 Å². The molecule has 0 aliphatic rings. The lowest BCUT2D eigenvalue weighted by Gasteiger charge is -2.03. The highest BCUT2D eigenvalue weighted by atomic mass is 32.2. The summed E-state index contributed by atoms with van der Waals surface area (Å²) in [4.78, 5) is 16.3. The van der Waals surface area contributed by atoms with E-state index in [1.165, 1.54) is 11.3 Å². The van der Waals surface area contributed by atoms with Crippen LogP contribution in [0, 0.1) is 0 Å². The van der Waals surface area contributed by atoms with Crippen LogP contribution in [0.3, 0.4) is 0 Å². The molecule has 3 heterocycles. The van der Waals surface area contributed by atoms with Crippen molar-refractivity contribution in [1.82, 2.24) is 25.0 Å². The van der Waals surface area contributed by atoms with Crippen LogP contribution >= 0.6 is 23.1 Å². The first-order valence-electron chi connectivity index (χ1n) is 5.26. The number of thioether (sulfide) groups is 1. The zero-order chi connectivity index (χ0) is 12.4. The molecule has 3 aromatic rings. The number of rotatable bonds is 4. The van der Waals surface area contributed by atoms with Gasteiger partial charge in [-0.25, -0.2) is 4.98 Å². The van der Waals surface area contributed by atoms with Crippen LogP contribution in [0.5, 0.6) is 0 Å². The van der Waals surface area contributed by atoms with Gasteiger partial charge in [0.25, 0.3) is 5.56 Å². The highest BCUT2D eigenvalue weighted by molar-refractivity contribution is 7.99. The fraction of sp³-hybridized carbons (Fsp3) is 0.200. The third-order valence-electron chi connectivity index (χ3n) is 2.41. The number of nitrogens with zero attached hydrogens (tertiary/aromatic N) is 4. The van der Waals surface area contributed by atoms with Gasteiger partial charge in [-0.1, -0.05) is 0 Å². The van der Waals surface area contributed by atoms with E-state index in [4.69, 9.17) is 0 Å². The van der Waals surface area contributed by atoms with Crippen LogP contribution in [0.1, 0.15) is 0 Å². The number of nitrogens with one attached hydrogen (secondary N) is 1. The molecule has 6 nitrogen and oxygen atoms in total. The van der Waals surface area contributed by atoms with Gasteiger partial charge in [-0.05, 0) is 11.4 Å². The van der Waals surface area contributed by atoms with Gasteiger partial charge in [-0.2, -0.15) is 10.3 Å². The lowest BCUT2D eigenvalue weighted by atomic mass is 10.5. The molecule has 0 atom stereocenters. The van der Waals surface area contributed by atoms with E-state index in [9.17, 15) is 4.79 Å². The zero-order valence-corrected chi connectivity index (χ0v) is 10.9. The minimum atomic E-state index is 0.0238. The van der Waals surface area contributed by atoms with E-state index in [2.05, 4.69) is 20.4 Å². The van der Waals surface area contributed by atoms with Gasteiger partial charge in [0.05, 0.1) is 18.0 Å². The van der Waals surface area contributed by atoms with Crippen LogP contribution in [-0.4, -0.2) is 30.7 Å². The first-order chi connectivity index (χ1) is 8.84. The van der Waals surface area contributed by atoms with E-state index < -0.39 is 0 Å². The summed E-state index contributed by atoms with van der Waals surface area (Å²) in [5.74, 6) is 0.755. The highest BCUT2D eigenvalue weighted by Crippen LogP contribution is 2.15. The minimum Gasteiger partial charge on any atom is -0.297 e. The summed E-state index contributed by atoms with van der Waals surface area (Å²) in [6, 6.07) is 1.86. The normalized spacial score (nSPS) is 11.1. The van der Waals surface area contributed by atoms with Gasteiger partial charge in [0.1, 0.15) is 9.73 Å². The molecule has 0 unspecified atom stereocenters. The maximum Gasteiger partial charge on any atom is 0.271 e. The molecule has 0 fully saturated rings. The van der Waals surface area contributed by atoms with Crippen molar-refractivity contribution in [1.29, 1.82) is 0 Å². The van der Waals surface area contributed by atoms with Crippen molar-refractivity contribution in [2.24, 2.45) is 0 Å². The Morgan fingerprint density at radius 2 is 2.44 bits per heavy atom. The second kappa shape index (κ2) is 4.91. The third kappa shape index (κ3) is 2.16. The van der Waals surface area contributed by atoms with Crippen molar-refractivity contribution < 1.29 is 0 Å². The number of aromatic nitrogens is 5. The molecular formula is C10H9N5OS2. The monoisotopic (exact) mass is 279 g/mol. The van der Waals surface area contributed by atoms with Crippen LogP contribution in [0.4, 0.5) is 0 Å². The molecule has 0 aliphatic carbocycles. The Hall–Kier alpha value is -1.67. The molecule has 18 heavy (non-hydrogen) atoms. The SMILES string of the molecule is O=c1c2sccc2ncn1CCSc1cn[nH]n1. The summed E-state index contributed by atoms with van der Waals surface area (Å²) in [5.41, 5.74) is 0.793. The molecule has 92 valence electrons. The standard InChI is InChI=1S/C10H9N5OS2/c16-10-9-7(1-3-18-9)11-6-15(10)2-4-17-8-5-12-14-13-8/h1,3,5-6H,2,4H2,(H,12,13,14). The number of aromatic amines is 1. The van der Waals surface area contributed by atoms with Crippen LogP contribution in [0.15, 0.2) is 33.8 Å². The summed E-state index contributed by atoms with van der Waals surface area (Å²) < 4.78 is 2.34.